The molecule has 1 aliphatic rings. The number of nitrogen functional groups attached to an aromatic ring is 1. The molecule has 1 atom stereocenters. The van der Waals surface area contributed by atoms with Gasteiger partial charge in [-0.15, -0.1) is 0 Å². The highest BCUT2D eigenvalue weighted by molar-refractivity contribution is 6.23. The van der Waals surface area contributed by atoms with Crippen LogP contribution in [0.25, 0.3) is 0 Å². The minimum atomic E-state index is -0.100. The summed E-state index contributed by atoms with van der Waals surface area (Å²) in [5, 5.41) is 14.3. The highest BCUT2D eigenvalue weighted by atomic mass is 16.6. The summed E-state index contributed by atoms with van der Waals surface area (Å²) < 4.78 is 0. The van der Waals surface area contributed by atoms with Crippen LogP contribution in [0, 0.1) is 0 Å². The predicted octanol–water partition coefficient (Wildman–Crippen LogP) is 3.33. The zero-order valence-corrected chi connectivity index (χ0v) is 13.0. The number of ketones is 1. The van der Waals surface area contributed by atoms with Crippen LogP contribution in [0.3, 0.4) is 0 Å². The van der Waals surface area contributed by atoms with Crippen molar-refractivity contribution in [3.05, 3.63) is 41.2 Å². The van der Waals surface area contributed by atoms with E-state index in [1.807, 2.05) is 32.0 Å². The molecule has 22 heavy (non-hydrogen) atoms. The van der Waals surface area contributed by atoms with E-state index in [2.05, 4.69) is 5.16 Å². The molecule has 1 aliphatic carbocycles. The number of anilines is 1. The molecule has 0 aromatic heterocycles. The molecule has 1 aromatic carbocycles. The van der Waals surface area contributed by atoms with Gasteiger partial charge in [0.15, 0.2) is 5.78 Å². The Labute approximate surface area is 130 Å². The van der Waals surface area contributed by atoms with Gasteiger partial charge in [-0.25, -0.2) is 0 Å². The van der Waals surface area contributed by atoms with Crippen molar-refractivity contribution in [1.82, 2.24) is 0 Å². The average molecular weight is 302 g/mol. The number of carbonyl (C=O) groups excluding carboxylic acids is 1. The predicted molar refractivity (Wildman–Crippen MR) is 86.8 cm³/mol. The van der Waals surface area contributed by atoms with E-state index in [0.717, 1.165) is 5.56 Å². The Hall–Kier alpha value is -2.30. The van der Waals surface area contributed by atoms with Crippen LogP contribution in [-0.4, -0.2) is 23.2 Å². The fourth-order valence-corrected chi connectivity index (χ4v) is 2.70. The van der Waals surface area contributed by atoms with E-state index in [9.17, 15) is 9.90 Å². The van der Waals surface area contributed by atoms with E-state index in [4.69, 9.17) is 10.6 Å². The highest BCUT2D eigenvalue weighted by Crippen LogP contribution is 2.35. The molecule has 0 heterocycles. The van der Waals surface area contributed by atoms with Crippen LogP contribution in [-0.2, 0) is 9.63 Å². The number of allylic oxidation sites excluding steroid dienone is 2. The Kier molecular flexibility index (Phi) is 5.20. The lowest BCUT2D eigenvalue weighted by Gasteiger charge is -2.24. The van der Waals surface area contributed by atoms with Gasteiger partial charge >= 0.3 is 0 Å². The SMILES string of the molecule is CCO/N=C(/CC)C1=C(O)CC(c2cccc(N)c2)CC1=O. The summed E-state index contributed by atoms with van der Waals surface area (Å²) in [6.45, 7) is 4.14. The summed E-state index contributed by atoms with van der Waals surface area (Å²) in [7, 11) is 0. The van der Waals surface area contributed by atoms with Gasteiger partial charge in [-0.2, -0.15) is 0 Å². The minimum absolute atomic E-state index is 0.0510. The maximum atomic E-state index is 12.5. The molecule has 0 radical (unpaired) electrons. The topological polar surface area (TPSA) is 84.9 Å². The molecule has 0 amide bonds. The first-order valence-corrected chi connectivity index (χ1v) is 7.56. The van der Waals surface area contributed by atoms with Gasteiger partial charge in [0.2, 0.25) is 0 Å². The van der Waals surface area contributed by atoms with Gasteiger partial charge in [0, 0.05) is 18.5 Å². The molecule has 5 heteroatoms. The van der Waals surface area contributed by atoms with E-state index >= 15 is 0 Å². The van der Waals surface area contributed by atoms with E-state index in [-0.39, 0.29) is 17.5 Å². The van der Waals surface area contributed by atoms with Crippen molar-refractivity contribution >= 4 is 17.2 Å². The first kappa shape index (κ1) is 16.1. The first-order valence-electron chi connectivity index (χ1n) is 7.56. The normalized spacial score (nSPS) is 19.5. The lowest BCUT2D eigenvalue weighted by Crippen LogP contribution is -2.23. The van der Waals surface area contributed by atoms with E-state index < -0.39 is 0 Å². The van der Waals surface area contributed by atoms with Crippen LogP contribution in [0.4, 0.5) is 5.69 Å². The zero-order valence-electron chi connectivity index (χ0n) is 13.0. The number of nitrogens with zero attached hydrogens (tertiary/aromatic N) is 1. The van der Waals surface area contributed by atoms with Crippen LogP contribution in [0.1, 0.15) is 44.6 Å². The maximum absolute atomic E-state index is 12.5. The summed E-state index contributed by atoms with van der Waals surface area (Å²) in [6.07, 6.45) is 1.29. The summed E-state index contributed by atoms with van der Waals surface area (Å²) >= 11 is 0. The third kappa shape index (κ3) is 3.47. The maximum Gasteiger partial charge on any atom is 0.168 e. The molecule has 0 saturated carbocycles. The lowest BCUT2D eigenvalue weighted by molar-refractivity contribution is -0.116. The molecule has 0 fully saturated rings. The van der Waals surface area contributed by atoms with E-state index in [1.165, 1.54) is 0 Å². The van der Waals surface area contributed by atoms with Crippen molar-refractivity contribution in [2.75, 3.05) is 12.3 Å². The molecule has 3 N–H and O–H groups in total. The van der Waals surface area contributed by atoms with Gasteiger partial charge in [0.25, 0.3) is 0 Å². The number of nitrogens with two attached hydrogens (primary N) is 1. The molecule has 118 valence electrons. The molecule has 0 bridgehead atoms. The number of Topliss-reactive ketones (excluding diaryl/α,β-unsaturated/α-hetero) is 1. The largest absolute Gasteiger partial charge is 0.511 e. The molecule has 0 aliphatic heterocycles. The van der Waals surface area contributed by atoms with Crippen LogP contribution < -0.4 is 5.73 Å². The van der Waals surface area contributed by atoms with Crippen LogP contribution in [0.2, 0.25) is 0 Å². The molecule has 1 aromatic rings. The number of aliphatic hydroxyl groups is 1. The van der Waals surface area contributed by atoms with Crippen molar-refractivity contribution in [2.24, 2.45) is 5.16 Å². The number of rotatable bonds is 5. The number of hydrogen-bond donors (Lipinski definition) is 2. The second-order valence-corrected chi connectivity index (χ2v) is 5.33. The van der Waals surface area contributed by atoms with Crippen LogP contribution in [0.15, 0.2) is 40.8 Å². The average Bonchev–Trinajstić information content (AvgIpc) is 2.49. The Morgan fingerprint density at radius 3 is 2.77 bits per heavy atom. The lowest BCUT2D eigenvalue weighted by atomic mass is 9.81. The fraction of sp³-hybridized carbons (Fsp3) is 0.412. The van der Waals surface area contributed by atoms with Gasteiger partial charge in [0.05, 0.1) is 11.3 Å². The second-order valence-electron chi connectivity index (χ2n) is 5.33. The Balaban J connectivity index is 2.29. The number of benzene rings is 1. The standard InChI is InChI=1S/C17H22N2O3/c1-3-14(19-22-4-2)17-15(20)9-12(10-16(17)21)11-6-5-7-13(18)8-11/h5-8,12,20H,3-4,9-10,18H2,1-2H3/b19-14-. The molecule has 0 spiro atoms. The van der Waals surface area contributed by atoms with Crippen molar-refractivity contribution in [3.8, 4) is 0 Å². The van der Waals surface area contributed by atoms with Gasteiger partial charge in [0.1, 0.15) is 12.4 Å². The summed E-state index contributed by atoms with van der Waals surface area (Å²) in [4.78, 5) is 17.5. The Bertz CT molecular complexity index is 620. The molecule has 5 nitrogen and oxygen atoms in total. The summed E-state index contributed by atoms with van der Waals surface area (Å²) in [5.74, 6) is -0.0644. The zero-order chi connectivity index (χ0) is 16.1. The van der Waals surface area contributed by atoms with Crippen LogP contribution >= 0.6 is 0 Å². The van der Waals surface area contributed by atoms with Crippen LogP contribution in [0.5, 0.6) is 0 Å². The van der Waals surface area contributed by atoms with E-state index in [0.29, 0.717) is 42.8 Å². The van der Waals surface area contributed by atoms with Gasteiger partial charge in [-0.1, -0.05) is 24.2 Å². The number of carbonyl (C=O) groups is 1. The van der Waals surface area contributed by atoms with Crippen molar-refractivity contribution in [3.63, 3.8) is 0 Å². The molecular formula is C17H22N2O3. The van der Waals surface area contributed by atoms with Gasteiger partial charge in [-0.3, -0.25) is 4.79 Å². The van der Waals surface area contributed by atoms with Crippen molar-refractivity contribution < 1.29 is 14.7 Å². The third-order valence-corrected chi connectivity index (χ3v) is 3.75. The number of oxime groups is 1. The smallest absolute Gasteiger partial charge is 0.168 e. The Morgan fingerprint density at radius 2 is 2.18 bits per heavy atom. The molecule has 2 rings (SSSR count). The van der Waals surface area contributed by atoms with Gasteiger partial charge < -0.3 is 15.7 Å². The molecule has 0 saturated heterocycles. The van der Waals surface area contributed by atoms with Crippen molar-refractivity contribution in [1.29, 1.82) is 0 Å². The molecular weight excluding hydrogens is 280 g/mol. The van der Waals surface area contributed by atoms with E-state index in [1.54, 1.807) is 6.07 Å². The van der Waals surface area contributed by atoms with Crippen molar-refractivity contribution in [2.45, 2.75) is 39.0 Å². The summed E-state index contributed by atoms with van der Waals surface area (Å²) in [5.41, 5.74) is 8.25. The Morgan fingerprint density at radius 1 is 1.41 bits per heavy atom. The molecule has 1 unspecified atom stereocenters. The number of hydrogen-bond acceptors (Lipinski definition) is 5. The fourth-order valence-electron chi connectivity index (χ4n) is 2.70. The first-order chi connectivity index (χ1) is 10.6. The monoisotopic (exact) mass is 302 g/mol. The third-order valence-electron chi connectivity index (χ3n) is 3.75. The quantitative estimate of drug-likeness (QED) is 0.496. The second kappa shape index (κ2) is 7.11. The minimum Gasteiger partial charge on any atom is -0.511 e. The van der Waals surface area contributed by atoms with Gasteiger partial charge in [-0.05, 0) is 37.0 Å². The summed E-state index contributed by atoms with van der Waals surface area (Å²) in [6, 6.07) is 7.45. The highest BCUT2D eigenvalue weighted by Gasteiger charge is 2.31. The number of aliphatic hydroxyl groups excluding tert-OH is 1.